The maximum atomic E-state index is 5.64. The van der Waals surface area contributed by atoms with Crippen molar-refractivity contribution in [3.63, 3.8) is 0 Å². The Balaban J connectivity index is 0.000000327. The van der Waals surface area contributed by atoms with Gasteiger partial charge in [-0.15, -0.1) is 0 Å². The highest BCUT2D eigenvalue weighted by molar-refractivity contribution is 4.75. The molecule has 1 rings (SSSR count). The van der Waals surface area contributed by atoms with Crippen LogP contribution in [0.15, 0.2) is 0 Å². The minimum atomic E-state index is 0.440. The predicted octanol–water partition coefficient (Wildman–Crippen LogP) is 1.32. The minimum absolute atomic E-state index is 0.440. The van der Waals surface area contributed by atoms with Crippen molar-refractivity contribution in [2.75, 3.05) is 13.1 Å². The zero-order valence-corrected chi connectivity index (χ0v) is 12.1. The molecule has 0 aromatic rings. The van der Waals surface area contributed by atoms with Crippen LogP contribution < -0.4 is 22.9 Å². The molecule has 0 aliphatic heterocycles. The molecule has 4 nitrogen and oxygen atoms in total. The molecule has 0 radical (unpaired) electrons. The Morgan fingerprint density at radius 1 is 0.889 bits per heavy atom. The number of hydrogen-bond donors (Lipinski definition) is 4. The molecule has 0 aromatic carbocycles. The van der Waals surface area contributed by atoms with Gasteiger partial charge in [-0.1, -0.05) is 13.3 Å². The second-order valence-electron chi connectivity index (χ2n) is 5.46. The zero-order chi connectivity index (χ0) is 13.8. The molecular weight excluding hydrogens is 224 g/mol. The lowest BCUT2D eigenvalue weighted by molar-refractivity contribution is 0.395. The van der Waals surface area contributed by atoms with Crippen LogP contribution in [0.3, 0.4) is 0 Å². The van der Waals surface area contributed by atoms with E-state index in [0.29, 0.717) is 12.1 Å². The van der Waals surface area contributed by atoms with Crippen molar-refractivity contribution in [1.82, 2.24) is 0 Å². The third-order valence-electron chi connectivity index (χ3n) is 3.79. The number of rotatable bonds is 6. The molecule has 8 N–H and O–H groups in total. The van der Waals surface area contributed by atoms with Crippen LogP contribution in [0.5, 0.6) is 0 Å². The molecule has 4 heteroatoms. The van der Waals surface area contributed by atoms with E-state index in [-0.39, 0.29) is 0 Å². The molecule has 110 valence electrons. The van der Waals surface area contributed by atoms with E-state index in [1.807, 2.05) is 0 Å². The van der Waals surface area contributed by atoms with Gasteiger partial charge in [-0.3, -0.25) is 0 Å². The highest BCUT2D eigenvalue weighted by Crippen LogP contribution is 2.14. The molecule has 18 heavy (non-hydrogen) atoms. The summed E-state index contributed by atoms with van der Waals surface area (Å²) in [6, 6.07) is 0.879. The largest absolute Gasteiger partial charge is 0.330 e. The molecule has 1 unspecified atom stereocenters. The molecule has 0 spiro atoms. The second kappa shape index (κ2) is 11.9. The molecule has 0 amide bonds. The fourth-order valence-electron chi connectivity index (χ4n) is 2.34. The number of hydrogen-bond acceptors (Lipinski definition) is 4. The first-order chi connectivity index (χ1) is 8.63. The molecule has 0 saturated heterocycles. The van der Waals surface area contributed by atoms with E-state index in [9.17, 15) is 0 Å². The maximum absolute atomic E-state index is 5.64. The average Bonchev–Trinajstić information content (AvgIpc) is 2.39. The van der Waals surface area contributed by atoms with Crippen molar-refractivity contribution in [3.8, 4) is 0 Å². The molecule has 0 heterocycles. The zero-order valence-electron chi connectivity index (χ0n) is 12.1. The van der Waals surface area contributed by atoms with Gasteiger partial charge >= 0.3 is 0 Å². The van der Waals surface area contributed by atoms with Crippen molar-refractivity contribution in [1.29, 1.82) is 0 Å². The fourth-order valence-corrected chi connectivity index (χ4v) is 2.34. The van der Waals surface area contributed by atoms with Gasteiger partial charge in [-0.05, 0) is 64.0 Å². The van der Waals surface area contributed by atoms with Gasteiger partial charge in [0.05, 0.1) is 0 Å². The summed E-state index contributed by atoms with van der Waals surface area (Å²) in [4.78, 5) is 0. The van der Waals surface area contributed by atoms with Crippen LogP contribution in [0.25, 0.3) is 0 Å². The van der Waals surface area contributed by atoms with E-state index >= 15 is 0 Å². The van der Waals surface area contributed by atoms with Gasteiger partial charge in [0, 0.05) is 12.1 Å². The first-order valence-electron chi connectivity index (χ1n) is 7.55. The second-order valence-corrected chi connectivity index (χ2v) is 5.46. The molecule has 1 fully saturated rings. The van der Waals surface area contributed by atoms with Crippen LogP contribution in [-0.4, -0.2) is 25.2 Å². The summed E-state index contributed by atoms with van der Waals surface area (Å²) in [5.41, 5.74) is 22.1. The van der Waals surface area contributed by atoms with Gasteiger partial charge in [-0.25, -0.2) is 0 Å². The Bertz CT molecular complexity index is 157. The highest BCUT2D eigenvalue weighted by atomic mass is 14.7. The number of nitrogens with two attached hydrogens (primary N) is 4. The normalized spacial score (nSPS) is 25.2. The van der Waals surface area contributed by atoms with Crippen molar-refractivity contribution < 1.29 is 0 Å². The van der Waals surface area contributed by atoms with Crippen LogP contribution in [-0.2, 0) is 0 Å². The first-order valence-corrected chi connectivity index (χ1v) is 7.55. The molecule has 1 aliphatic carbocycles. The summed E-state index contributed by atoms with van der Waals surface area (Å²) in [5.74, 6) is 0.813. The molecule has 0 bridgehead atoms. The van der Waals surface area contributed by atoms with Crippen molar-refractivity contribution in [2.24, 2.45) is 28.9 Å². The van der Waals surface area contributed by atoms with Crippen molar-refractivity contribution in [2.45, 2.75) is 70.4 Å². The molecule has 0 aromatic heterocycles. The Morgan fingerprint density at radius 2 is 1.39 bits per heavy atom. The van der Waals surface area contributed by atoms with Crippen LogP contribution in [0.4, 0.5) is 0 Å². The summed E-state index contributed by atoms with van der Waals surface area (Å²) in [7, 11) is 0. The Labute approximate surface area is 113 Å². The lowest BCUT2D eigenvalue weighted by Crippen LogP contribution is -2.33. The van der Waals surface area contributed by atoms with Gasteiger partial charge in [0.15, 0.2) is 0 Å². The topological polar surface area (TPSA) is 104 Å². The van der Waals surface area contributed by atoms with Gasteiger partial charge in [0.1, 0.15) is 0 Å². The molecular formula is C14H34N4. The summed E-state index contributed by atoms with van der Waals surface area (Å²) in [6.07, 6.45) is 9.32. The Kier molecular flexibility index (Phi) is 11.8. The lowest BCUT2D eigenvalue weighted by Gasteiger charge is -2.22. The summed E-state index contributed by atoms with van der Waals surface area (Å²) in [6.45, 7) is 3.86. The minimum Gasteiger partial charge on any atom is -0.330 e. The lowest BCUT2D eigenvalue weighted by atomic mass is 9.93. The Morgan fingerprint density at radius 3 is 1.72 bits per heavy atom. The van der Waals surface area contributed by atoms with Crippen LogP contribution in [0.2, 0.25) is 0 Å². The van der Waals surface area contributed by atoms with E-state index < -0.39 is 0 Å². The quantitative estimate of drug-likeness (QED) is 0.576. The van der Waals surface area contributed by atoms with Gasteiger partial charge in [0.25, 0.3) is 0 Å². The molecule has 1 atom stereocenters. The van der Waals surface area contributed by atoms with Crippen molar-refractivity contribution in [3.05, 3.63) is 0 Å². The van der Waals surface area contributed by atoms with Gasteiger partial charge in [-0.2, -0.15) is 0 Å². The summed E-state index contributed by atoms with van der Waals surface area (Å²) < 4.78 is 0. The van der Waals surface area contributed by atoms with Crippen LogP contribution >= 0.6 is 0 Å². The van der Waals surface area contributed by atoms with E-state index in [4.69, 9.17) is 22.9 Å². The first kappa shape index (κ1) is 17.8. The van der Waals surface area contributed by atoms with E-state index in [1.165, 1.54) is 12.8 Å². The monoisotopic (exact) mass is 258 g/mol. The average molecular weight is 258 g/mol. The van der Waals surface area contributed by atoms with Gasteiger partial charge in [0.2, 0.25) is 0 Å². The molecule has 1 saturated carbocycles. The summed E-state index contributed by atoms with van der Waals surface area (Å²) >= 11 is 0. The third-order valence-corrected chi connectivity index (χ3v) is 3.79. The maximum Gasteiger partial charge on any atom is 0.00399 e. The van der Waals surface area contributed by atoms with Gasteiger partial charge < -0.3 is 22.9 Å². The van der Waals surface area contributed by atoms with E-state index in [2.05, 4.69) is 6.92 Å². The van der Waals surface area contributed by atoms with Crippen LogP contribution in [0.1, 0.15) is 58.3 Å². The van der Waals surface area contributed by atoms with Crippen molar-refractivity contribution >= 4 is 0 Å². The standard InChI is InChI=1S/C8H20N2.C6H14N2/c1-2-8(5-7-10)4-3-6-9;7-5-1-2-6(8)4-3-5/h8H,2-7,9-10H2,1H3;5-6H,1-4,7-8H2. The molecule has 1 aliphatic rings. The van der Waals surface area contributed by atoms with E-state index in [0.717, 1.165) is 57.5 Å². The smallest absolute Gasteiger partial charge is 0.00399 e. The van der Waals surface area contributed by atoms with E-state index in [1.54, 1.807) is 0 Å². The fraction of sp³-hybridized carbons (Fsp3) is 1.00. The SMILES string of the molecule is CCC(CCN)CCCN.NC1CCC(N)CC1. The highest BCUT2D eigenvalue weighted by Gasteiger charge is 2.13. The summed E-state index contributed by atoms with van der Waals surface area (Å²) in [5, 5.41) is 0. The van der Waals surface area contributed by atoms with Crippen LogP contribution in [0, 0.1) is 5.92 Å². The third kappa shape index (κ3) is 9.83. The Hall–Kier alpha value is -0.160. The predicted molar refractivity (Wildman–Crippen MR) is 80.2 cm³/mol.